The molecule has 1 rings (SSSR count). The van der Waals surface area contributed by atoms with Crippen LogP contribution in [0.1, 0.15) is 0 Å². The summed E-state index contributed by atoms with van der Waals surface area (Å²) in [5.41, 5.74) is 0. The van der Waals surface area contributed by atoms with E-state index in [9.17, 15) is 18.0 Å². The van der Waals surface area contributed by atoms with Gasteiger partial charge in [0.1, 0.15) is 6.54 Å². The highest BCUT2D eigenvalue weighted by Crippen LogP contribution is 2.11. The van der Waals surface area contributed by atoms with E-state index in [0.29, 0.717) is 6.54 Å². The average molecular weight is 236 g/mol. The number of rotatable bonds is 4. The van der Waals surface area contributed by atoms with Gasteiger partial charge in [-0.05, 0) is 0 Å². The first-order chi connectivity index (χ1) is 7.47. The maximum absolute atomic E-state index is 11.7. The number of hydrogen-bond acceptors (Lipinski definition) is 2. The van der Waals surface area contributed by atoms with Crippen molar-refractivity contribution in [3.63, 3.8) is 0 Å². The van der Waals surface area contributed by atoms with Crippen molar-refractivity contribution in [2.75, 3.05) is 13.1 Å². The molecule has 2 amide bonds. The molecule has 1 heterocycles. The van der Waals surface area contributed by atoms with Gasteiger partial charge in [-0.25, -0.2) is 9.78 Å². The fourth-order valence-corrected chi connectivity index (χ4v) is 0.961. The van der Waals surface area contributed by atoms with Gasteiger partial charge >= 0.3 is 12.2 Å². The van der Waals surface area contributed by atoms with Crippen molar-refractivity contribution < 1.29 is 18.0 Å². The van der Waals surface area contributed by atoms with Crippen LogP contribution >= 0.6 is 0 Å². The molecule has 0 saturated carbocycles. The predicted octanol–water partition coefficient (Wildman–Crippen LogP) is 0.745. The van der Waals surface area contributed by atoms with Gasteiger partial charge in [0.15, 0.2) is 0 Å². The Balaban J connectivity index is 2.11. The molecule has 2 N–H and O–H groups in total. The van der Waals surface area contributed by atoms with Crippen molar-refractivity contribution in [2.45, 2.75) is 12.7 Å². The van der Waals surface area contributed by atoms with Gasteiger partial charge < -0.3 is 15.2 Å². The number of urea groups is 1. The first kappa shape index (κ1) is 12.3. The topological polar surface area (TPSA) is 59.0 Å². The van der Waals surface area contributed by atoms with Gasteiger partial charge in [-0.3, -0.25) is 0 Å². The molecule has 0 fully saturated rings. The number of hydrogen-bond donors (Lipinski definition) is 2. The molecule has 0 aromatic carbocycles. The summed E-state index contributed by atoms with van der Waals surface area (Å²) in [5, 5.41) is 4.00. The Morgan fingerprint density at radius 2 is 2.12 bits per heavy atom. The molecule has 0 aliphatic heterocycles. The Kier molecular flexibility index (Phi) is 4.15. The summed E-state index contributed by atoms with van der Waals surface area (Å²) in [4.78, 5) is 14.6. The summed E-state index contributed by atoms with van der Waals surface area (Å²) in [5.74, 6) is 0. The van der Waals surface area contributed by atoms with E-state index in [4.69, 9.17) is 0 Å². The van der Waals surface area contributed by atoms with E-state index in [1.54, 1.807) is 28.6 Å². The highest BCUT2D eigenvalue weighted by Gasteiger charge is 2.27. The molecule has 0 bridgehead atoms. The third-order valence-electron chi connectivity index (χ3n) is 1.66. The minimum atomic E-state index is -4.39. The van der Waals surface area contributed by atoms with E-state index in [2.05, 4.69) is 10.3 Å². The van der Waals surface area contributed by atoms with Crippen molar-refractivity contribution in [2.24, 2.45) is 0 Å². The van der Waals surface area contributed by atoms with Crippen LogP contribution in [0.2, 0.25) is 0 Å². The second-order valence-corrected chi connectivity index (χ2v) is 3.03. The van der Waals surface area contributed by atoms with Gasteiger partial charge in [-0.2, -0.15) is 13.2 Å². The number of halogens is 3. The number of imidazole rings is 1. The van der Waals surface area contributed by atoms with Crippen LogP contribution < -0.4 is 10.6 Å². The highest BCUT2D eigenvalue weighted by molar-refractivity contribution is 5.73. The van der Waals surface area contributed by atoms with Crippen LogP contribution in [0.5, 0.6) is 0 Å². The number of carbonyl (C=O) groups is 1. The van der Waals surface area contributed by atoms with Gasteiger partial charge in [-0.15, -0.1) is 0 Å². The minimum Gasteiger partial charge on any atom is -0.336 e. The Morgan fingerprint density at radius 1 is 1.38 bits per heavy atom. The Bertz CT molecular complexity index is 323. The molecule has 0 atom stereocenters. The zero-order valence-electron chi connectivity index (χ0n) is 8.29. The maximum Gasteiger partial charge on any atom is 0.405 e. The fraction of sp³-hybridized carbons (Fsp3) is 0.500. The Labute approximate surface area is 89.7 Å². The minimum absolute atomic E-state index is 0.236. The molecule has 5 nitrogen and oxygen atoms in total. The molecular formula is C8H11F3N4O. The molecular weight excluding hydrogens is 225 g/mol. The molecule has 0 aliphatic rings. The number of alkyl halides is 3. The summed E-state index contributed by atoms with van der Waals surface area (Å²) < 4.78 is 36.8. The third kappa shape index (κ3) is 5.23. The fourth-order valence-electron chi connectivity index (χ4n) is 0.961. The predicted molar refractivity (Wildman–Crippen MR) is 49.7 cm³/mol. The molecule has 0 unspecified atom stereocenters. The number of amides is 2. The van der Waals surface area contributed by atoms with Gasteiger partial charge in [-0.1, -0.05) is 0 Å². The molecule has 90 valence electrons. The lowest BCUT2D eigenvalue weighted by atomic mass is 10.6. The van der Waals surface area contributed by atoms with Crippen LogP contribution in [0.25, 0.3) is 0 Å². The van der Waals surface area contributed by atoms with E-state index in [-0.39, 0.29) is 6.54 Å². The van der Waals surface area contributed by atoms with E-state index in [1.807, 2.05) is 0 Å². The van der Waals surface area contributed by atoms with Crippen molar-refractivity contribution in [3.8, 4) is 0 Å². The second kappa shape index (κ2) is 5.38. The Hall–Kier alpha value is -1.73. The molecule has 0 spiro atoms. The first-order valence-electron chi connectivity index (χ1n) is 4.51. The zero-order chi connectivity index (χ0) is 12.0. The molecule has 0 aliphatic carbocycles. The quantitative estimate of drug-likeness (QED) is 0.810. The smallest absolute Gasteiger partial charge is 0.336 e. The summed E-state index contributed by atoms with van der Waals surface area (Å²) in [6, 6.07) is -0.836. The molecule has 16 heavy (non-hydrogen) atoms. The van der Waals surface area contributed by atoms with Gasteiger partial charge in [0, 0.05) is 25.5 Å². The first-order valence-corrected chi connectivity index (χ1v) is 4.51. The number of nitrogens with zero attached hydrogens (tertiary/aromatic N) is 2. The lowest BCUT2D eigenvalue weighted by molar-refractivity contribution is -0.122. The van der Waals surface area contributed by atoms with Crippen molar-refractivity contribution in [3.05, 3.63) is 18.7 Å². The lowest BCUT2D eigenvalue weighted by Crippen LogP contribution is -2.41. The normalized spacial score (nSPS) is 11.2. The lowest BCUT2D eigenvalue weighted by Gasteiger charge is -2.09. The molecule has 1 aromatic heterocycles. The van der Waals surface area contributed by atoms with Crippen molar-refractivity contribution in [1.82, 2.24) is 20.2 Å². The number of nitrogens with one attached hydrogen (secondary N) is 2. The standard InChI is InChI=1S/C8H11F3N4O/c9-8(10,11)5-14-7(16)13-2-4-15-3-1-12-6-15/h1,3,6H,2,4-5H2,(H2,13,14,16). The van der Waals surface area contributed by atoms with Gasteiger partial charge in [0.25, 0.3) is 0 Å². The largest absolute Gasteiger partial charge is 0.405 e. The second-order valence-electron chi connectivity index (χ2n) is 3.03. The molecule has 0 saturated heterocycles. The Morgan fingerprint density at radius 3 is 2.69 bits per heavy atom. The molecule has 0 radical (unpaired) electrons. The zero-order valence-corrected chi connectivity index (χ0v) is 8.29. The van der Waals surface area contributed by atoms with E-state index in [0.717, 1.165) is 0 Å². The average Bonchev–Trinajstić information content (AvgIpc) is 2.66. The van der Waals surface area contributed by atoms with E-state index in [1.165, 1.54) is 0 Å². The van der Waals surface area contributed by atoms with Crippen LogP contribution in [0, 0.1) is 0 Å². The molecule has 1 aromatic rings. The van der Waals surface area contributed by atoms with E-state index >= 15 is 0 Å². The van der Waals surface area contributed by atoms with Crippen molar-refractivity contribution >= 4 is 6.03 Å². The van der Waals surface area contributed by atoms with Crippen LogP contribution in [0.15, 0.2) is 18.7 Å². The molecule has 8 heteroatoms. The van der Waals surface area contributed by atoms with Crippen LogP contribution in [-0.4, -0.2) is 34.8 Å². The monoisotopic (exact) mass is 236 g/mol. The highest BCUT2D eigenvalue weighted by atomic mass is 19.4. The van der Waals surface area contributed by atoms with Crippen molar-refractivity contribution in [1.29, 1.82) is 0 Å². The maximum atomic E-state index is 11.7. The van der Waals surface area contributed by atoms with Crippen LogP contribution in [-0.2, 0) is 6.54 Å². The third-order valence-corrected chi connectivity index (χ3v) is 1.66. The number of aromatic nitrogens is 2. The SMILES string of the molecule is O=C(NCCn1ccnc1)NCC(F)(F)F. The summed E-state index contributed by atoms with van der Waals surface area (Å²) >= 11 is 0. The van der Waals surface area contributed by atoms with Crippen LogP contribution in [0.4, 0.5) is 18.0 Å². The van der Waals surface area contributed by atoms with Crippen LogP contribution in [0.3, 0.4) is 0 Å². The number of carbonyl (C=O) groups excluding carboxylic acids is 1. The summed E-state index contributed by atoms with van der Waals surface area (Å²) in [7, 11) is 0. The van der Waals surface area contributed by atoms with Gasteiger partial charge in [0.05, 0.1) is 6.33 Å². The summed E-state index contributed by atoms with van der Waals surface area (Å²) in [6.45, 7) is -0.636. The van der Waals surface area contributed by atoms with E-state index < -0.39 is 18.8 Å². The van der Waals surface area contributed by atoms with Gasteiger partial charge in [0.2, 0.25) is 0 Å². The summed E-state index contributed by atoms with van der Waals surface area (Å²) in [6.07, 6.45) is 0.427.